The van der Waals surface area contributed by atoms with Gasteiger partial charge >= 0.3 is 0 Å². The summed E-state index contributed by atoms with van der Waals surface area (Å²) < 4.78 is 27.6. The monoisotopic (exact) mass is 326 g/mol. The van der Waals surface area contributed by atoms with Gasteiger partial charge in [0.1, 0.15) is 5.25 Å². The number of hydrogen-bond acceptors (Lipinski definition) is 3. The van der Waals surface area contributed by atoms with E-state index in [1.54, 1.807) is 16.5 Å². The molecule has 0 aromatic rings. The Hall–Kier alpha value is -0.880. The first-order valence-corrected chi connectivity index (χ1v) is 9.11. The van der Waals surface area contributed by atoms with Crippen LogP contribution in [0.3, 0.4) is 0 Å². The van der Waals surface area contributed by atoms with Crippen molar-refractivity contribution < 1.29 is 8.42 Å². The third-order valence-electron chi connectivity index (χ3n) is 4.13. The van der Waals surface area contributed by atoms with Crippen molar-refractivity contribution in [1.82, 2.24) is 9.62 Å². The fourth-order valence-electron chi connectivity index (χ4n) is 3.02. The van der Waals surface area contributed by atoms with Crippen LogP contribution in [-0.2, 0) is 10.0 Å². The smallest absolute Gasteiger partial charge is 0.221 e. The van der Waals surface area contributed by atoms with Crippen LogP contribution in [0.4, 0.5) is 0 Å². The molecule has 6 heteroatoms. The lowest BCUT2D eigenvalue weighted by atomic mass is 9.88. The first kappa shape index (κ1) is 15.0. The van der Waals surface area contributed by atoms with E-state index in [1.807, 2.05) is 24.3 Å². The second-order valence-electron chi connectivity index (χ2n) is 5.44. The number of nitrogens with zero attached hydrogens (tertiary/aromatic N) is 1. The highest BCUT2D eigenvalue weighted by molar-refractivity contribution is 7.89. The molecule has 0 aromatic carbocycles. The topological polar surface area (TPSA) is 49.4 Å². The first-order valence-electron chi connectivity index (χ1n) is 7.23. The van der Waals surface area contributed by atoms with Crippen molar-refractivity contribution in [3.8, 4) is 0 Å². The maximum absolute atomic E-state index is 13.0. The van der Waals surface area contributed by atoms with E-state index in [0.717, 1.165) is 18.5 Å². The summed E-state index contributed by atoms with van der Waals surface area (Å²) in [5, 5.41) is 3.30. The molecular formula is C15H19ClN2O2S. The van der Waals surface area contributed by atoms with Crippen LogP contribution in [0.25, 0.3) is 0 Å². The van der Waals surface area contributed by atoms with E-state index >= 15 is 0 Å². The van der Waals surface area contributed by atoms with Crippen molar-refractivity contribution in [2.75, 3.05) is 26.2 Å². The summed E-state index contributed by atoms with van der Waals surface area (Å²) in [7, 11) is -3.37. The van der Waals surface area contributed by atoms with Gasteiger partial charge < -0.3 is 5.32 Å². The van der Waals surface area contributed by atoms with Crippen LogP contribution < -0.4 is 5.32 Å². The molecule has 0 amide bonds. The van der Waals surface area contributed by atoms with Crippen molar-refractivity contribution in [3.63, 3.8) is 0 Å². The third kappa shape index (κ3) is 2.88. The molecule has 1 fully saturated rings. The van der Waals surface area contributed by atoms with Gasteiger partial charge in [-0.15, -0.1) is 0 Å². The minimum absolute atomic E-state index is 0.186. The van der Waals surface area contributed by atoms with Gasteiger partial charge in [0.15, 0.2) is 0 Å². The summed E-state index contributed by atoms with van der Waals surface area (Å²) in [5.41, 5.74) is 0.892. The number of allylic oxidation sites excluding steroid dienone is 7. The Morgan fingerprint density at radius 1 is 1.14 bits per heavy atom. The van der Waals surface area contributed by atoms with Gasteiger partial charge in [0.05, 0.1) is 0 Å². The van der Waals surface area contributed by atoms with E-state index in [2.05, 4.69) is 5.32 Å². The van der Waals surface area contributed by atoms with Gasteiger partial charge in [0.2, 0.25) is 10.0 Å². The minimum Gasteiger partial charge on any atom is -0.315 e. The quantitative estimate of drug-likeness (QED) is 0.841. The summed E-state index contributed by atoms with van der Waals surface area (Å²) in [5.74, 6) is -0.186. The number of halogens is 1. The van der Waals surface area contributed by atoms with Crippen LogP contribution in [0.2, 0.25) is 0 Å². The van der Waals surface area contributed by atoms with Crippen LogP contribution in [0.5, 0.6) is 0 Å². The van der Waals surface area contributed by atoms with E-state index in [4.69, 9.17) is 11.6 Å². The highest BCUT2D eigenvalue weighted by Gasteiger charge is 2.38. The van der Waals surface area contributed by atoms with Gasteiger partial charge in [0, 0.05) is 30.6 Å². The lowest BCUT2D eigenvalue weighted by molar-refractivity contribution is 0.422. The summed E-state index contributed by atoms with van der Waals surface area (Å²) in [6.45, 7) is 2.69. The van der Waals surface area contributed by atoms with Gasteiger partial charge in [-0.2, -0.15) is 0 Å². The molecule has 0 bridgehead atoms. The molecule has 21 heavy (non-hydrogen) atoms. The SMILES string of the molecule is O=S(=O)(C1C=CC=C2C(Cl)=CC=CC21)N1CCCNCC1. The van der Waals surface area contributed by atoms with Gasteiger partial charge in [-0.3, -0.25) is 0 Å². The highest BCUT2D eigenvalue weighted by atomic mass is 35.5. The fourth-order valence-corrected chi connectivity index (χ4v) is 5.25. The standard InChI is InChI=1S/C15H19ClN2O2S/c16-14-6-1-5-13-12(14)4-2-7-15(13)21(19,20)18-10-3-8-17-9-11-18/h1-2,4-7,13,15,17H,3,8-11H2. The Morgan fingerprint density at radius 3 is 2.81 bits per heavy atom. The minimum atomic E-state index is -3.37. The first-order chi connectivity index (χ1) is 10.1. The third-order valence-corrected chi connectivity index (χ3v) is 6.70. The highest BCUT2D eigenvalue weighted by Crippen LogP contribution is 2.37. The number of fused-ring (bicyclic) bond motifs is 1. The van der Waals surface area contributed by atoms with E-state index in [9.17, 15) is 8.42 Å². The van der Waals surface area contributed by atoms with Crippen LogP contribution in [0.15, 0.2) is 47.1 Å². The second-order valence-corrected chi connectivity index (χ2v) is 7.94. The van der Waals surface area contributed by atoms with Crippen molar-refractivity contribution in [2.45, 2.75) is 11.7 Å². The maximum atomic E-state index is 13.0. The van der Waals surface area contributed by atoms with E-state index < -0.39 is 15.3 Å². The molecule has 1 heterocycles. The van der Waals surface area contributed by atoms with Crippen molar-refractivity contribution in [2.24, 2.45) is 5.92 Å². The summed E-state index contributed by atoms with van der Waals surface area (Å²) in [6.07, 6.45) is 11.9. The van der Waals surface area contributed by atoms with Gasteiger partial charge in [-0.25, -0.2) is 12.7 Å². The molecule has 1 N–H and O–H groups in total. The molecule has 0 spiro atoms. The largest absolute Gasteiger partial charge is 0.315 e. The summed E-state index contributed by atoms with van der Waals surface area (Å²) >= 11 is 6.21. The lowest BCUT2D eigenvalue weighted by Crippen LogP contribution is -2.43. The zero-order chi connectivity index (χ0) is 14.9. The molecule has 3 aliphatic rings. The number of sulfonamides is 1. The summed E-state index contributed by atoms with van der Waals surface area (Å²) in [4.78, 5) is 0. The Bertz CT molecular complexity index is 626. The fraction of sp³-hybridized carbons (Fsp3) is 0.467. The van der Waals surface area contributed by atoms with Gasteiger partial charge in [0.25, 0.3) is 0 Å². The maximum Gasteiger partial charge on any atom is 0.221 e. The molecule has 1 saturated heterocycles. The predicted molar refractivity (Wildman–Crippen MR) is 85.6 cm³/mol. The number of hydrogen-bond donors (Lipinski definition) is 1. The average molecular weight is 327 g/mol. The molecule has 4 nitrogen and oxygen atoms in total. The van der Waals surface area contributed by atoms with E-state index in [1.165, 1.54) is 0 Å². The van der Waals surface area contributed by atoms with Crippen molar-refractivity contribution in [1.29, 1.82) is 0 Å². The second kappa shape index (κ2) is 6.08. The number of rotatable bonds is 2. The normalized spacial score (nSPS) is 30.3. The average Bonchev–Trinajstić information content (AvgIpc) is 2.77. The van der Waals surface area contributed by atoms with Gasteiger partial charge in [-0.1, -0.05) is 42.0 Å². The van der Waals surface area contributed by atoms with Crippen LogP contribution in [0.1, 0.15) is 6.42 Å². The Kier molecular flexibility index (Phi) is 4.36. The molecule has 0 radical (unpaired) electrons. The lowest BCUT2D eigenvalue weighted by Gasteiger charge is -2.32. The zero-order valence-corrected chi connectivity index (χ0v) is 13.3. The molecular weight excluding hydrogens is 308 g/mol. The van der Waals surface area contributed by atoms with E-state index in [-0.39, 0.29) is 5.92 Å². The predicted octanol–water partition coefficient (Wildman–Crippen LogP) is 1.79. The molecule has 2 unspecified atom stereocenters. The molecule has 1 aliphatic heterocycles. The Morgan fingerprint density at radius 2 is 1.95 bits per heavy atom. The molecule has 2 atom stereocenters. The van der Waals surface area contributed by atoms with Crippen LogP contribution in [-0.4, -0.2) is 44.2 Å². The van der Waals surface area contributed by atoms with Crippen LogP contribution in [0, 0.1) is 5.92 Å². The van der Waals surface area contributed by atoms with Crippen molar-refractivity contribution >= 4 is 21.6 Å². The van der Waals surface area contributed by atoms with Crippen LogP contribution >= 0.6 is 11.6 Å². The Balaban J connectivity index is 1.89. The molecule has 3 rings (SSSR count). The molecule has 2 aliphatic carbocycles. The van der Waals surface area contributed by atoms with E-state index in [0.29, 0.717) is 24.7 Å². The van der Waals surface area contributed by atoms with Gasteiger partial charge in [-0.05, 0) is 24.6 Å². The molecule has 0 aromatic heterocycles. The molecule has 0 saturated carbocycles. The summed E-state index contributed by atoms with van der Waals surface area (Å²) in [6, 6.07) is 0. The Labute approximate surface area is 130 Å². The van der Waals surface area contributed by atoms with Crippen molar-refractivity contribution in [3.05, 3.63) is 47.1 Å². The number of nitrogens with one attached hydrogen (secondary N) is 1. The molecule has 114 valence electrons. The zero-order valence-electron chi connectivity index (χ0n) is 11.7.